The van der Waals surface area contributed by atoms with Gasteiger partial charge >= 0.3 is 0 Å². The van der Waals surface area contributed by atoms with Crippen LogP contribution in [-0.4, -0.2) is 86.6 Å². The predicted octanol–water partition coefficient (Wildman–Crippen LogP) is 0.285. The molecule has 2 aliphatic heterocycles. The number of hydrogen-bond acceptors (Lipinski definition) is 5. The summed E-state index contributed by atoms with van der Waals surface area (Å²) < 4.78 is 0. The molecule has 2 aliphatic rings. The van der Waals surface area contributed by atoms with Crippen LogP contribution in [0.5, 0.6) is 0 Å². The number of piperidine rings is 1. The number of likely N-dealkylation sites (tertiary alicyclic amines) is 1. The standard InChI is InChI=1S/C17H33N5O/c1-15(18-2)21-13-11-20(12-14-21)8-4-5-17(23)22-9-6-16(19-3)7-10-22/h16,18-19H,1,4-14H2,2-3H3. The van der Waals surface area contributed by atoms with Gasteiger partial charge < -0.3 is 20.4 Å². The van der Waals surface area contributed by atoms with Crippen LogP contribution >= 0.6 is 0 Å². The van der Waals surface area contributed by atoms with Crippen molar-refractivity contribution < 1.29 is 4.79 Å². The number of amides is 1. The number of hydrogen-bond donors (Lipinski definition) is 2. The highest BCUT2D eigenvalue weighted by Gasteiger charge is 2.22. The van der Waals surface area contributed by atoms with E-state index in [-0.39, 0.29) is 0 Å². The number of rotatable bonds is 7. The lowest BCUT2D eigenvalue weighted by Crippen LogP contribution is -2.47. The van der Waals surface area contributed by atoms with E-state index in [1.807, 2.05) is 19.0 Å². The van der Waals surface area contributed by atoms with E-state index in [0.29, 0.717) is 18.4 Å². The molecule has 2 saturated heterocycles. The molecule has 0 aromatic rings. The van der Waals surface area contributed by atoms with E-state index < -0.39 is 0 Å². The number of piperazine rings is 1. The van der Waals surface area contributed by atoms with Gasteiger partial charge in [-0.3, -0.25) is 9.69 Å². The average Bonchev–Trinajstić information content (AvgIpc) is 2.61. The lowest BCUT2D eigenvalue weighted by molar-refractivity contribution is -0.132. The van der Waals surface area contributed by atoms with E-state index in [1.54, 1.807) is 0 Å². The van der Waals surface area contributed by atoms with Crippen molar-refractivity contribution in [2.45, 2.75) is 31.7 Å². The lowest BCUT2D eigenvalue weighted by atomic mass is 10.0. The van der Waals surface area contributed by atoms with Gasteiger partial charge in [-0.25, -0.2) is 0 Å². The first-order valence-corrected chi connectivity index (χ1v) is 8.93. The molecule has 0 unspecified atom stereocenters. The Bertz CT molecular complexity index is 384. The molecule has 1 amide bonds. The first-order valence-electron chi connectivity index (χ1n) is 8.93. The summed E-state index contributed by atoms with van der Waals surface area (Å²) in [4.78, 5) is 19.1. The number of nitrogens with one attached hydrogen (secondary N) is 2. The van der Waals surface area contributed by atoms with Gasteiger partial charge in [0.15, 0.2) is 0 Å². The van der Waals surface area contributed by atoms with Gasteiger partial charge in [0.05, 0.1) is 5.82 Å². The van der Waals surface area contributed by atoms with Gasteiger partial charge in [-0.1, -0.05) is 6.58 Å². The van der Waals surface area contributed by atoms with Gasteiger partial charge in [0.2, 0.25) is 5.91 Å². The minimum atomic E-state index is 0.335. The van der Waals surface area contributed by atoms with E-state index in [9.17, 15) is 4.79 Å². The number of carbonyl (C=O) groups excluding carboxylic acids is 1. The zero-order valence-electron chi connectivity index (χ0n) is 14.8. The molecule has 6 heteroatoms. The molecule has 132 valence electrons. The fourth-order valence-corrected chi connectivity index (χ4v) is 3.43. The quantitative estimate of drug-likeness (QED) is 0.705. The molecule has 0 saturated carbocycles. The van der Waals surface area contributed by atoms with Crippen LogP contribution in [0.15, 0.2) is 12.4 Å². The van der Waals surface area contributed by atoms with Gasteiger partial charge in [0.1, 0.15) is 0 Å². The molecule has 0 aliphatic carbocycles. The summed E-state index contributed by atoms with van der Waals surface area (Å²) in [5, 5.41) is 6.42. The molecule has 0 bridgehead atoms. The number of nitrogens with zero attached hydrogens (tertiary/aromatic N) is 3. The second-order valence-corrected chi connectivity index (χ2v) is 6.57. The molecule has 2 rings (SSSR count). The third-order valence-corrected chi connectivity index (χ3v) is 5.16. The highest BCUT2D eigenvalue weighted by molar-refractivity contribution is 5.76. The second kappa shape index (κ2) is 9.13. The normalized spacial score (nSPS) is 20.6. The van der Waals surface area contributed by atoms with Crippen molar-refractivity contribution in [2.75, 3.05) is 59.9 Å². The van der Waals surface area contributed by atoms with Crippen LogP contribution in [0.3, 0.4) is 0 Å². The Morgan fingerprint density at radius 2 is 1.70 bits per heavy atom. The van der Waals surface area contributed by atoms with E-state index in [2.05, 4.69) is 27.0 Å². The Hall–Kier alpha value is -1.27. The zero-order chi connectivity index (χ0) is 16.7. The highest BCUT2D eigenvalue weighted by atomic mass is 16.2. The summed E-state index contributed by atoms with van der Waals surface area (Å²) in [6, 6.07) is 0.586. The maximum atomic E-state index is 12.3. The van der Waals surface area contributed by atoms with Crippen LogP contribution in [0, 0.1) is 0 Å². The summed E-state index contributed by atoms with van der Waals surface area (Å²) in [6.45, 7) is 11.0. The highest BCUT2D eigenvalue weighted by Crippen LogP contribution is 2.12. The summed E-state index contributed by atoms with van der Waals surface area (Å²) in [5.74, 6) is 1.34. The maximum absolute atomic E-state index is 12.3. The van der Waals surface area contributed by atoms with Crippen molar-refractivity contribution in [1.82, 2.24) is 25.3 Å². The van der Waals surface area contributed by atoms with Crippen molar-refractivity contribution in [3.63, 3.8) is 0 Å². The van der Waals surface area contributed by atoms with Crippen molar-refractivity contribution in [3.05, 3.63) is 12.4 Å². The van der Waals surface area contributed by atoms with E-state index >= 15 is 0 Å². The zero-order valence-corrected chi connectivity index (χ0v) is 14.8. The molecule has 6 nitrogen and oxygen atoms in total. The van der Waals surface area contributed by atoms with E-state index in [4.69, 9.17) is 0 Å². The smallest absolute Gasteiger partial charge is 0.222 e. The molecular weight excluding hydrogens is 290 g/mol. The fraction of sp³-hybridized carbons (Fsp3) is 0.824. The fourth-order valence-electron chi connectivity index (χ4n) is 3.43. The van der Waals surface area contributed by atoms with Crippen LogP contribution in [0.4, 0.5) is 0 Å². The molecule has 0 atom stereocenters. The molecule has 2 fully saturated rings. The maximum Gasteiger partial charge on any atom is 0.222 e. The molecule has 2 N–H and O–H groups in total. The Balaban J connectivity index is 1.59. The van der Waals surface area contributed by atoms with Crippen molar-refractivity contribution >= 4 is 5.91 Å². The van der Waals surface area contributed by atoms with Crippen LogP contribution in [0.1, 0.15) is 25.7 Å². The Morgan fingerprint density at radius 1 is 1.04 bits per heavy atom. The average molecular weight is 323 g/mol. The molecule has 0 aromatic carbocycles. The minimum Gasteiger partial charge on any atom is -0.375 e. The van der Waals surface area contributed by atoms with Crippen molar-refractivity contribution in [1.29, 1.82) is 0 Å². The summed E-state index contributed by atoms with van der Waals surface area (Å²) in [6.07, 6.45) is 3.82. The van der Waals surface area contributed by atoms with E-state index in [0.717, 1.165) is 70.9 Å². The van der Waals surface area contributed by atoms with Crippen LogP contribution in [-0.2, 0) is 4.79 Å². The van der Waals surface area contributed by atoms with Gasteiger partial charge in [-0.2, -0.15) is 0 Å². The van der Waals surface area contributed by atoms with Gasteiger partial charge in [0, 0.05) is 58.8 Å². The third kappa shape index (κ3) is 5.39. The summed E-state index contributed by atoms with van der Waals surface area (Å²) in [7, 11) is 3.92. The second-order valence-electron chi connectivity index (χ2n) is 6.57. The van der Waals surface area contributed by atoms with Gasteiger partial charge in [0.25, 0.3) is 0 Å². The monoisotopic (exact) mass is 323 g/mol. The van der Waals surface area contributed by atoms with Crippen molar-refractivity contribution in [3.8, 4) is 0 Å². The Labute approximate surface area is 140 Å². The van der Waals surface area contributed by atoms with Crippen LogP contribution in [0.25, 0.3) is 0 Å². The Morgan fingerprint density at radius 3 is 2.26 bits per heavy atom. The molecule has 23 heavy (non-hydrogen) atoms. The molecule has 0 spiro atoms. The summed E-state index contributed by atoms with van der Waals surface area (Å²) >= 11 is 0. The molecule has 0 radical (unpaired) electrons. The van der Waals surface area contributed by atoms with Crippen LogP contribution in [0.2, 0.25) is 0 Å². The molecular formula is C17H33N5O. The lowest BCUT2D eigenvalue weighted by Gasteiger charge is -2.37. The van der Waals surface area contributed by atoms with Gasteiger partial charge in [-0.05, 0) is 32.9 Å². The van der Waals surface area contributed by atoms with Crippen molar-refractivity contribution in [2.24, 2.45) is 0 Å². The largest absolute Gasteiger partial charge is 0.375 e. The number of carbonyl (C=O) groups is 1. The third-order valence-electron chi connectivity index (χ3n) is 5.16. The Kier molecular flexibility index (Phi) is 7.17. The van der Waals surface area contributed by atoms with E-state index in [1.165, 1.54) is 0 Å². The SMILES string of the molecule is C=C(NC)N1CCN(CCCC(=O)N2CCC(NC)CC2)CC1. The first kappa shape index (κ1) is 18.1. The molecule has 0 aromatic heterocycles. The predicted molar refractivity (Wildman–Crippen MR) is 94.1 cm³/mol. The van der Waals surface area contributed by atoms with Gasteiger partial charge in [-0.15, -0.1) is 0 Å². The van der Waals surface area contributed by atoms with Crippen LogP contribution < -0.4 is 10.6 Å². The molecule has 2 heterocycles. The first-order chi connectivity index (χ1) is 11.1. The topological polar surface area (TPSA) is 50.9 Å². The summed E-state index contributed by atoms with van der Waals surface area (Å²) in [5.41, 5.74) is 0. The minimum absolute atomic E-state index is 0.335.